The molecule has 0 N–H and O–H groups in total. The van der Waals surface area contributed by atoms with Crippen LogP contribution in [0, 0.1) is 0 Å². The number of rotatable bonds is 5. The highest BCUT2D eigenvalue weighted by Crippen LogP contribution is 2.26. The Morgan fingerprint density at radius 3 is 2.62 bits per heavy atom. The third-order valence-electron chi connectivity index (χ3n) is 4.29. The van der Waals surface area contributed by atoms with Gasteiger partial charge in [0.2, 0.25) is 5.91 Å². The Kier molecular flexibility index (Phi) is 4.86. The smallest absolute Gasteiger partial charge is 0.229 e. The Bertz CT molecular complexity index is 842. The molecule has 1 heterocycles. The minimum absolute atomic E-state index is 0.135. The molecular weight excluding hydrogens is 318 g/mol. The lowest BCUT2D eigenvalue weighted by molar-refractivity contribution is -0.131. The van der Waals surface area contributed by atoms with Crippen molar-refractivity contribution in [3.05, 3.63) is 64.4 Å². The fraction of sp³-hybridized carbons (Fsp3) is 0.250. The molecule has 0 radical (unpaired) electrons. The molecule has 0 aliphatic carbocycles. The molecule has 2 aromatic carbocycles. The SMILES string of the molecule is COc1ccc2cc([C@H](C)C(=O)N(C)Cc3cccs3)ccc2c1. The van der Waals surface area contributed by atoms with Gasteiger partial charge in [-0.2, -0.15) is 0 Å². The molecule has 0 spiro atoms. The van der Waals surface area contributed by atoms with E-state index in [0.29, 0.717) is 6.54 Å². The van der Waals surface area contributed by atoms with Crippen LogP contribution in [-0.4, -0.2) is 25.0 Å². The Balaban J connectivity index is 1.79. The van der Waals surface area contributed by atoms with Gasteiger partial charge in [0.05, 0.1) is 19.6 Å². The molecule has 0 aliphatic rings. The van der Waals surface area contributed by atoms with Gasteiger partial charge in [-0.05, 0) is 46.8 Å². The molecule has 3 rings (SSSR count). The first-order valence-corrected chi connectivity index (χ1v) is 8.81. The van der Waals surface area contributed by atoms with Gasteiger partial charge in [-0.25, -0.2) is 0 Å². The summed E-state index contributed by atoms with van der Waals surface area (Å²) in [5.74, 6) is 0.813. The zero-order valence-electron chi connectivity index (χ0n) is 14.2. The van der Waals surface area contributed by atoms with E-state index in [1.165, 1.54) is 4.88 Å². The van der Waals surface area contributed by atoms with Crippen molar-refractivity contribution in [2.24, 2.45) is 0 Å². The van der Waals surface area contributed by atoms with Crippen molar-refractivity contribution >= 4 is 28.0 Å². The van der Waals surface area contributed by atoms with E-state index in [1.807, 2.05) is 49.7 Å². The summed E-state index contributed by atoms with van der Waals surface area (Å²) in [6.45, 7) is 2.63. The summed E-state index contributed by atoms with van der Waals surface area (Å²) in [4.78, 5) is 15.7. The van der Waals surface area contributed by atoms with E-state index in [2.05, 4.69) is 18.2 Å². The molecule has 0 saturated heterocycles. The number of benzene rings is 2. The third kappa shape index (κ3) is 3.44. The number of likely N-dealkylation sites (N-methyl/N-ethyl adjacent to an activating group) is 1. The summed E-state index contributed by atoms with van der Waals surface area (Å²) in [6.07, 6.45) is 0. The van der Waals surface area contributed by atoms with Crippen molar-refractivity contribution in [3.8, 4) is 5.75 Å². The Morgan fingerprint density at radius 1 is 1.17 bits per heavy atom. The summed E-state index contributed by atoms with van der Waals surface area (Å²) in [6, 6.07) is 16.2. The molecule has 0 bridgehead atoms. The van der Waals surface area contributed by atoms with Crippen molar-refractivity contribution in [2.45, 2.75) is 19.4 Å². The normalized spacial score (nSPS) is 12.1. The molecule has 1 aromatic heterocycles. The summed E-state index contributed by atoms with van der Waals surface area (Å²) in [5, 5.41) is 4.27. The van der Waals surface area contributed by atoms with Gasteiger partial charge < -0.3 is 9.64 Å². The lowest BCUT2D eigenvalue weighted by atomic mass is 9.96. The molecule has 3 aromatic rings. The van der Waals surface area contributed by atoms with Crippen molar-refractivity contribution in [1.82, 2.24) is 4.90 Å². The summed E-state index contributed by atoms with van der Waals surface area (Å²) in [5.41, 5.74) is 1.04. The predicted molar refractivity (Wildman–Crippen MR) is 99.7 cm³/mol. The number of amides is 1. The Labute approximate surface area is 146 Å². The fourth-order valence-electron chi connectivity index (χ4n) is 2.83. The molecule has 4 heteroatoms. The first-order valence-electron chi connectivity index (χ1n) is 7.93. The largest absolute Gasteiger partial charge is 0.497 e. The third-order valence-corrected chi connectivity index (χ3v) is 5.15. The van der Waals surface area contributed by atoms with Crippen molar-refractivity contribution in [2.75, 3.05) is 14.2 Å². The second kappa shape index (κ2) is 7.05. The number of nitrogens with zero attached hydrogens (tertiary/aromatic N) is 1. The van der Waals surface area contributed by atoms with Crippen LogP contribution in [0.15, 0.2) is 53.9 Å². The van der Waals surface area contributed by atoms with Crippen LogP contribution in [0.4, 0.5) is 0 Å². The van der Waals surface area contributed by atoms with Crippen LogP contribution in [0.3, 0.4) is 0 Å². The Hall–Kier alpha value is -2.33. The average Bonchev–Trinajstić information content (AvgIpc) is 3.12. The second-order valence-corrected chi connectivity index (χ2v) is 7.00. The minimum atomic E-state index is -0.165. The number of carbonyl (C=O) groups excluding carboxylic acids is 1. The highest BCUT2D eigenvalue weighted by Gasteiger charge is 2.20. The van der Waals surface area contributed by atoms with Gasteiger partial charge in [0, 0.05) is 11.9 Å². The van der Waals surface area contributed by atoms with Gasteiger partial charge in [0.1, 0.15) is 5.75 Å². The van der Waals surface area contributed by atoms with Gasteiger partial charge in [-0.3, -0.25) is 4.79 Å². The predicted octanol–water partition coefficient (Wildman–Crippen LogP) is 4.67. The minimum Gasteiger partial charge on any atom is -0.497 e. The maximum atomic E-state index is 12.7. The molecule has 1 amide bonds. The van der Waals surface area contributed by atoms with Crippen molar-refractivity contribution in [1.29, 1.82) is 0 Å². The van der Waals surface area contributed by atoms with Crippen LogP contribution in [0.25, 0.3) is 10.8 Å². The molecule has 1 atom stereocenters. The van der Waals surface area contributed by atoms with Gasteiger partial charge in [-0.15, -0.1) is 11.3 Å². The van der Waals surface area contributed by atoms with Crippen LogP contribution in [0.1, 0.15) is 23.3 Å². The summed E-state index contributed by atoms with van der Waals surface area (Å²) in [7, 11) is 3.53. The van der Waals surface area contributed by atoms with E-state index >= 15 is 0 Å². The van der Waals surface area contributed by atoms with E-state index in [-0.39, 0.29) is 11.8 Å². The van der Waals surface area contributed by atoms with E-state index in [9.17, 15) is 4.79 Å². The topological polar surface area (TPSA) is 29.5 Å². The zero-order valence-corrected chi connectivity index (χ0v) is 15.0. The van der Waals surface area contributed by atoms with E-state index < -0.39 is 0 Å². The van der Waals surface area contributed by atoms with E-state index in [1.54, 1.807) is 23.3 Å². The molecule has 0 unspecified atom stereocenters. The number of methoxy groups -OCH3 is 1. The van der Waals surface area contributed by atoms with Gasteiger partial charge >= 0.3 is 0 Å². The van der Waals surface area contributed by atoms with Crippen LogP contribution in [-0.2, 0) is 11.3 Å². The van der Waals surface area contributed by atoms with E-state index in [0.717, 1.165) is 22.1 Å². The van der Waals surface area contributed by atoms with Gasteiger partial charge in [0.15, 0.2) is 0 Å². The number of carbonyl (C=O) groups is 1. The fourth-order valence-corrected chi connectivity index (χ4v) is 3.58. The molecule has 0 aliphatic heterocycles. The van der Waals surface area contributed by atoms with Crippen LogP contribution < -0.4 is 4.74 Å². The molecule has 0 fully saturated rings. The Morgan fingerprint density at radius 2 is 1.92 bits per heavy atom. The standard InChI is InChI=1S/C20H21NO2S/c1-14(20(22)21(2)13-19-5-4-10-24-19)15-6-7-17-12-18(23-3)9-8-16(17)11-15/h4-12,14H,13H2,1-3H3/t14-/m0/s1. The first kappa shape index (κ1) is 16.5. The summed E-state index contributed by atoms with van der Waals surface area (Å²) < 4.78 is 5.26. The lowest BCUT2D eigenvalue weighted by Crippen LogP contribution is -2.29. The zero-order chi connectivity index (χ0) is 17.1. The van der Waals surface area contributed by atoms with Crippen molar-refractivity contribution in [3.63, 3.8) is 0 Å². The first-order chi connectivity index (χ1) is 11.6. The van der Waals surface area contributed by atoms with Gasteiger partial charge in [0.25, 0.3) is 0 Å². The molecule has 24 heavy (non-hydrogen) atoms. The lowest BCUT2D eigenvalue weighted by Gasteiger charge is -2.21. The highest BCUT2D eigenvalue weighted by molar-refractivity contribution is 7.09. The highest BCUT2D eigenvalue weighted by atomic mass is 32.1. The van der Waals surface area contributed by atoms with Gasteiger partial charge in [-0.1, -0.05) is 30.3 Å². The van der Waals surface area contributed by atoms with E-state index in [4.69, 9.17) is 4.74 Å². The summed E-state index contributed by atoms with van der Waals surface area (Å²) >= 11 is 1.68. The van der Waals surface area contributed by atoms with Crippen LogP contribution in [0.5, 0.6) is 5.75 Å². The van der Waals surface area contributed by atoms with Crippen LogP contribution in [0.2, 0.25) is 0 Å². The maximum Gasteiger partial charge on any atom is 0.229 e. The average molecular weight is 339 g/mol. The number of thiophene rings is 1. The number of hydrogen-bond donors (Lipinski definition) is 0. The quantitative estimate of drug-likeness (QED) is 0.676. The molecule has 124 valence electrons. The van der Waals surface area contributed by atoms with Crippen molar-refractivity contribution < 1.29 is 9.53 Å². The number of hydrogen-bond acceptors (Lipinski definition) is 3. The molecular formula is C20H21NO2S. The second-order valence-electron chi connectivity index (χ2n) is 5.97. The monoisotopic (exact) mass is 339 g/mol. The maximum absolute atomic E-state index is 12.7. The van der Waals surface area contributed by atoms with Crippen LogP contribution >= 0.6 is 11.3 Å². The number of fused-ring (bicyclic) bond motifs is 1. The molecule has 3 nitrogen and oxygen atoms in total. The molecule has 0 saturated carbocycles. The number of ether oxygens (including phenoxy) is 1.